The van der Waals surface area contributed by atoms with Gasteiger partial charge in [0.1, 0.15) is 17.9 Å². The lowest BCUT2D eigenvalue weighted by molar-refractivity contribution is -0.237. The summed E-state index contributed by atoms with van der Waals surface area (Å²) in [5.41, 5.74) is -0.631. The van der Waals surface area contributed by atoms with Crippen molar-refractivity contribution in [3.8, 4) is 0 Å². The van der Waals surface area contributed by atoms with Gasteiger partial charge in [-0.25, -0.2) is 14.0 Å². The standard InChI is InChI=1S/C27H25F4N6O4/c1-26(2,3)24-34-33-22-14-35(10-11-36(22)24)23(39)18-12-16(8-9-19(18)28)15-37(41-25(40)27(29,30)31)20-7-5-4-6-17(20)21(38)13-32-37/h4-9,12-13H,10-11,14-15H2,1-3H3/q+1. The van der Waals surface area contributed by atoms with Gasteiger partial charge in [-0.2, -0.15) is 13.2 Å². The van der Waals surface area contributed by atoms with E-state index < -0.39 is 41.0 Å². The molecule has 5 rings (SSSR count). The number of ketones is 1. The smallest absolute Gasteiger partial charge is 0.329 e. The number of alkyl halides is 3. The first-order chi connectivity index (χ1) is 19.2. The van der Waals surface area contributed by atoms with Crippen LogP contribution in [-0.2, 0) is 34.7 Å². The van der Waals surface area contributed by atoms with Crippen molar-refractivity contribution < 1.29 is 36.8 Å². The van der Waals surface area contributed by atoms with Gasteiger partial charge in [0.15, 0.2) is 12.4 Å². The normalized spacial score (nSPS) is 18.6. The van der Waals surface area contributed by atoms with Crippen LogP contribution in [0.4, 0.5) is 23.2 Å². The Morgan fingerprint density at radius 2 is 1.78 bits per heavy atom. The molecule has 2 aliphatic heterocycles. The number of hydrogen-bond donors (Lipinski definition) is 0. The van der Waals surface area contributed by atoms with E-state index in [1.54, 1.807) is 0 Å². The molecule has 0 fully saturated rings. The summed E-state index contributed by atoms with van der Waals surface area (Å²) in [6.07, 6.45) is -4.60. The highest BCUT2D eigenvalue weighted by Crippen LogP contribution is 2.36. The number of fused-ring (bicyclic) bond motifs is 2. The molecule has 0 saturated heterocycles. The fourth-order valence-corrected chi connectivity index (χ4v) is 4.82. The minimum Gasteiger partial charge on any atom is -0.329 e. The summed E-state index contributed by atoms with van der Waals surface area (Å²) in [7, 11) is 0. The van der Waals surface area contributed by atoms with Gasteiger partial charge < -0.3 is 9.47 Å². The van der Waals surface area contributed by atoms with Crippen molar-refractivity contribution in [2.24, 2.45) is 5.10 Å². The van der Waals surface area contributed by atoms with Crippen LogP contribution in [0.2, 0.25) is 0 Å². The topological polar surface area (TPSA) is 107 Å². The lowest BCUT2D eigenvalue weighted by Crippen LogP contribution is -2.50. The van der Waals surface area contributed by atoms with Gasteiger partial charge in [-0.05, 0) is 23.3 Å². The van der Waals surface area contributed by atoms with Crippen molar-refractivity contribution in [3.63, 3.8) is 0 Å². The van der Waals surface area contributed by atoms with E-state index >= 15 is 0 Å². The SMILES string of the molecule is CC(C)(C)c1nnc2n1CCN(C(=O)c1cc(C[N+]3(OC(=O)C(F)(F)F)N=CC(=O)c4ccccc43)ccc1F)C2. The number of Topliss-reactive ketones (excluding diaryl/α,β-unsaturated/α-hetero) is 1. The van der Waals surface area contributed by atoms with E-state index in [1.165, 1.54) is 41.3 Å². The number of para-hydroxylation sites is 1. The number of amides is 1. The third kappa shape index (κ3) is 5.22. The molecular weight excluding hydrogens is 548 g/mol. The lowest BCUT2D eigenvalue weighted by atomic mass is 9.95. The van der Waals surface area contributed by atoms with Crippen molar-refractivity contribution in [2.45, 2.75) is 52.0 Å². The maximum Gasteiger partial charge on any atom is 0.497 e. The fraction of sp³-hybridized carbons (Fsp3) is 0.333. The van der Waals surface area contributed by atoms with E-state index in [2.05, 4.69) is 15.3 Å². The van der Waals surface area contributed by atoms with E-state index in [0.717, 1.165) is 18.1 Å². The molecule has 0 saturated carbocycles. The number of hydrogen-bond acceptors (Lipinski definition) is 7. The molecule has 2 aromatic carbocycles. The van der Waals surface area contributed by atoms with Gasteiger partial charge in [0.05, 0.1) is 17.7 Å². The first-order valence-corrected chi connectivity index (χ1v) is 12.6. The van der Waals surface area contributed by atoms with Gasteiger partial charge in [0.25, 0.3) is 5.91 Å². The molecule has 2 aliphatic rings. The molecule has 14 heteroatoms. The molecule has 1 unspecified atom stereocenters. The quantitative estimate of drug-likeness (QED) is 0.344. The molecule has 214 valence electrons. The van der Waals surface area contributed by atoms with Crippen LogP contribution >= 0.6 is 0 Å². The summed E-state index contributed by atoms with van der Waals surface area (Å²) >= 11 is 0. The number of hydroxylamine groups is 1. The molecule has 1 amide bonds. The van der Waals surface area contributed by atoms with E-state index in [-0.39, 0.29) is 40.9 Å². The maximum atomic E-state index is 15.0. The molecule has 0 bridgehead atoms. The Morgan fingerprint density at radius 1 is 1.05 bits per heavy atom. The van der Waals surface area contributed by atoms with Crippen molar-refractivity contribution in [2.75, 3.05) is 6.54 Å². The molecule has 0 radical (unpaired) electrons. The molecule has 3 aromatic rings. The third-order valence-corrected chi connectivity index (χ3v) is 6.74. The number of rotatable bonds is 4. The molecule has 1 aromatic heterocycles. The van der Waals surface area contributed by atoms with Gasteiger partial charge in [0.2, 0.25) is 11.5 Å². The molecule has 3 heterocycles. The largest absolute Gasteiger partial charge is 0.497 e. The highest BCUT2D eigenvalue weighted by molar-refractivity contribution is 6.37. The molecule has 0 spiro atoms. The number of halogens is 4. The number of quaternary nitrogens is 1. The first kappa shape index (κ1) is 28.1. The number of aromatic nitrogens is 3. The van der Waals surface area contributed by atoms with E-state index in [9.17, 15) is 31.9 Å². The van der Waals surface area contributed by atoms with Gasteiger partial charge >= 0.3 is 12.1 Å². The van der Waals surface area contributed by atoms with Gasteiger partial charge in [0, 0.05) is 34.9 Å². The second-order valence-electron chi connectivity index (χ2n) is 10.7. The van der Waals surface area contributed by atoms with Gasteiger partial charge in [-0.1, -0.05) is 39.0 Å². The van der Waals surface area contributed by atoms with Crippen molar-refractivity contribution in [3.05, 3.63) is 76.6 Å². The van der Waals surface area contributed by atoms with E-state index in [0.29, 0.717) is 12.4 Å². The second kappa shape index (κ2) is 9.87. The minimum atomic E-state index is -5.36. The van der Waals surface area contributed by atoms with Crippen LogP contribution in [0.25, 0.3) is 0 Å². The van der Waals surface area contributed by atoms with Crippen molar-refractivity contribution in [1.82, 2.24) is 24.4 Å². The number of benzene rings is 2. The Morgan fingerprint density at radius 3 is 2.49 bits per heavy atom. The van der Waals surface area contributed by atoms with E-state index in [1.807, 2.05) is 25.3 Å². The Bertz CT molecular complexity index is 1590. The third-order valence-electron chi connectivity index (χ3n) is 6.74. The monoisotopic (exact) mass is 573 g/mol. The fourth-order valence-electron chi connectivity index (χ4n) is 4.82. The molecule has 0 N–H and O–H groups in total. The molecule has 1 atom stereocenters. The first-order valence-electron chi connectivity index (χ1n) is 12.6. The van der Waals surface area contributed by atoms with Crippen LogP contribution in [0.1, 0.15) is 58.7 Å². The highest BCUT2D eigenvalue weighted by Gasteiger charge is 2.52. The Kier molecular flexibility index (Phi) is 6.76. The Labute approximate surface area is 231 Å². The van der Waals surface area contributed by atoms with Crippen LogP contribution < -0.4 is 4.76 Å². The van der Waals surface area contributed by atoms with Crippen molar-refractivity contribution in [1.29, 1.82) is 0 Å². The van der Waals surface area contributed by atoms with Crippen LogP contribution in [0.15, 0.2) is 47.6 Å². The minimum absolute atomic E-state index is 0.0251. The van der Waals surface area contributed by atoms with E-state index in [4.69, 9.17) is 4.84 Å². The summed E-state index contributed by atoms with van der Waals surface area (Å²) in [5.74, 6) is -3.34. The molecule has 10 nitrogen and oxygen atoms in total. The van der Waals surface area contributed by atoms with Crippen LogP contribution in [0.3, 0.4) is 0 Å². The number of carbonyl (C=O) groups is 3. The van der Waals surface area contributed by atoms with Crippen LogP contribution in [0.5, 0.6) is 0 Å². The van der Waals surface area contributed by atoms with Crippen LogP contribution in [0, 0.1) is 5.82 Å². The second-order valence-corrected chi connectivity index (χ2v) is 10.7. The Balaban J connectivity index is 1.48. The maximum absolute atomic E-state index is 15.0. The van der Waals surface area contributed by atoms with Crippen LogP contribution in [-0.4, -0.2) is 56.3 Å². The predicted octanol–water partition coefficient (Wildman–Crippen LogP) is 4.08. The predicted molar refractivity (Wildman–Crippen MR) is 137 cm³/mol. The number of carbonyl (C=O) groups excluding carboxylic acids is 3. The average Bonchev–Trinajstić information content (AvgIpc) is 3.35. The Hall–Kier alpha value is -4.46. The average molecular weight is 574 g/mol. The molecule has 0 aliphatic carbocycles. The van der Waals surface area contributed by atoms with Gasteiger partial charge in [-0.15, -0.1) is 10.2 Å². The summed E-state index contributed by atoms with van der Waals surface area (Å²) in [6, 6.07) is 9.02. The van der Waals surface area contributed by atoms with Gasteiger partial charge in [-0.3, -0.25) is 9.59 Å². The lowest BCUT2D eigenvalue weighted by Gasteiger charge is -2.31. The zero-order valence-corrected chi connectivity index (χ0v) is 22.3. The summed E-state index contributed by atoms with van der Waals surface area (Å²) in [6.45, 7) is 6.13. The summed E-state index contributed by atoms with van der Waals surface area (Å²) in [4.78, 5) is 44.0. The molecular formula is C27H25F4N6O4+. The highest BCUT2D eigenvalue weighted by atomic mass is 19.4. The zero-order valence-electron chi connectivity index (χ0n) is 22.3. The summed E-state index contributed by atoms with van der Waals surface area (Å²) < 4.78 is 55.2. The van der Waals surface area contributed by atoms with Crippen molar-refractivity contribution >= 4 is 29.6 Å². The zero-order chi connectivity index (χ0) is 29.7. The number of nitrogens with zero attached hydrogens (tertiary/aromatic N) is 6. The summed E-state index contributed by atoms with van der Waals surface area (Å²) in [5, 5.41) is 12.3. The molecule has 41 heavy (non-hydrogen) atoms.